The van der Waals surface area contributed by atoms with E-state index in [0.717, 1.165) is 6.07 Å². The van der Waals surface area contributed by atoms with Crippen LogP contribution in [0.2, 0.25) is 0 Å². The predicted molar refractivity (Wildman–Crippen MR) is 91.2 cm³/mol. The SMILES string of the molecule is O=[N+]([O-])c1cccc2ccc(C(OP(=O)(N3CC3)N3CC3)C(F)(F)F)cc12. The van der Waals surface area contributed by atoms with Crippen LogP contribution < -0.4 is 0 Å². The average molecular weight is 401 g/mol. The Hall–Kier alpha value is -2.00. The monoisotopic (exact) mass is 401 g/mol. The van der Waals surface area contributed by atoms with E-state index < -0.39 is 24.9 Å². The zero-order chi connectivity index (χ0) is 19.4. The van der Waals surface area contributed by atoms with E-state index in [0.29, 0.717) is 31.6 Å². The van der Waals surface area contributed by atoms with Gasteiger partial charge in [-0.2, -0.15) is 13.2 Å². The molecule has 7 nitrogen and oxygen atoms in total. The molecule has 0 saturated carbocycles. The molecular weight excluding hydrogens is 386 g/mol. The lowest BCUT2D eigenvalue weighted by Gasteiger charge is -2.28. The molecule has 0 amide bonds. The van der Waals surface area contributed by atoms with Gasteiger partial charge < -0.3 is 0 Å². The van der Waals surface area contributed by atoms with Gasteiger partial charge in [0.15, 0.2) is 6.10 Å². The van der Waals surface area contributed by atoms with E-state index in [1.165, 1.54) is 33.6 Å². The number of non-ortho nitro benzene ring substituents is 1. The fourth-order valence-corrected chi connectivity index (χ4v) is 5.28. The molecule has 27 heavy (non-hydrogen) atoms. The second-order valence-corrected chi connectivity index (χ2v) is 8.76. The number of hydrogen-bond acceptors (Lipinski definition) is 4. The molecule has 4 rings (SSSR count). The fraction of sp³-hybridized carbons (Fsp3) is 0.375. The van der Waals surface area contributed by atoms with Gasteiger partial charge in [0.05, 0.1) is 10.3 Å². The van der Waals surface area contributed by atoms with Gasteiger partial charge in [-0.1, -0.05) is 24.3 Å². The van der Waals surface area contributed by atoms with E-state index in [1.807, 2.05) is 0 Å². The summed E-state index contributed by atoms with van der Waals surface area (Å²) in [6.07, 6.45) is -7.26. The number of halogens is 3. The van der Waals surface area contributed by atoms with Crippen LogP contribution in [0.5, 0.6) is 0 Å². The lowest BCUT2D eigenvalue weighted by atomic mass is 10.0. The van der Waals surface area contributed by atoms with Crippen LogP contribution in [0.3, 0.4) is 0 Å². The Morgan fingerprint density at radius 2 is 1.74 bits per heavy atom. The molecule has 0 bridgehead atoms. The van der Waals surface area contributed by atoms with Crippen LogP contribution in [0.4, 0.5) is 18.9 Å². The number of rotatable bonds is 6. The molecule has 1 unspecified atom stereocenters. The molecule has 0 N–H and O–H groups in total. The highest BCUT2D eigenvalue weighted by Gasteiger charge is 2.55. The van der Waals surface area contributed by atoms with Crippen LogP contribution in [-0.2, 0) is 9.09 Å². The first kappa shape index (κ1) is 18.4. The molecule has 0 radical (unpaired) electrons. The molecule has 2 aromatic rings. The smallest absolute Gasteiger partial charge is 0.288 e. The van der Waals surface area contributed by atoms with Crippen molar-refractivity contribution in [2.75, 3.05) is 26.2 Å². The molecule has 2 aliphatic heterocycles. The first-order valence-corrected chi connectivity index (χ1v) is 9.76. The first-order chi connectivity index (χ1) is 12.7. The van der Waals surface area contributed by atoms with Gasteiger partial charge >= 0.3 is 13.8 Å². The van der Waals surface area contributed by atoms with Crippen molar-refractivity contribution >= 4 is 24.1 Å². The van der Waals surface area contributed by atoms with E-state index in [1.54, 1.807) is 6.07 Å². The summed E-state index contributed by atoms with van der Waals surface area (Å²) in [5.41, 5.74) is -0.608. The molecule has 144 valence electrons. The van der Waals surface area contributed by atoms with Gasteiger partial charge in [0, 0.05) is 32.2 Å². The second kappa shape index (κ2) is 6.27. The van der Waals surface area contributed by atoms with Gasteiger partial charge in [0.25, 0.3) is 5.69 Å². The van der Waals surface area contributed by atoms with Gasteiger partial charge in [0.2, 0.25) is 0 Å². The standard InChI is InChI=1S/C16H15F3N3O4P/c17-16(18,19)15(26-27(25,20-6-7-20)21-8-9-21)12-5-4-11-2-1-3-14(22(23)24)13(11)10-12/h1-5,10,15H,6-9H2. The van der Waals surface area contributed by atoms with Crippen molar-refractivity contribution in [3.05, 3.63) is 52.1 Å². The maximum absolute atomic E-state index is 13.7. The molecule has 0 spiro atoms. The van der Waals surface area contributed by atoms with Crippen molar-refractivity contribution in [1.82, 2.24) is 9.34 Å². The van der Waals surface area contributed by atoms with Crippen LogP contribution in [-0.4, -0.2) is 46.6 Å². The number of hydrogen-bond donors (Lipinski definition) is 0. The fourth-order valence-electron chi connectivity index (χ4n) is 2.95. The summed E-state index contributed by atoms with van der Waals surface area (Å²) in [6.45, 7) is 1.67. The van der Waals surface area contributed by atoms with Gasteiger partial charge in [0.1, 0.15) is 0 Å². The van der Waals surface area contributed by atoms with Crippen LogP contribution in [0, 0.1) is 10.1 Å². The molecule has 2 aromatic carbocycles. The molecule has 2 fully saturated rings. The van der Waals surface area contributed by atoms with Gasteiger partial charge in [-0.15, -0.1) is 0 Å². The Bertz CT molecular complexity index is 944. The average Bonchev–Trinajstić information content (AvgIpc) is 3.48. The zero-order valence-corrected chi connectivity index (χ0v) is 14.8. The summed E-state index contributed by atoms with van der Waals surface area (Å²) >= 11 is 0. The van der Waals surface area contributed by atoms with Gasteiger partial charge in [-0.05, 0) is 17.0 Å². The Morgan fingerprint density at radius 1 is 1.11 bits per heavy atom. The summed E-state index contributed by atoms with van der Waals surface area (Å²) in [6, 6.07) is 7.95. The summed E-state index contributed by atoms with van der Waals surface area (Å²) in [5.74, 6) is 0. The number of alkyl halides is 3. The van der Waals surface area contributed by atoms with Crippen LogP contribution in [0.15, 0.2) is 36.4 Å². The summed E-state index contributed by atoms with van der Waals surface area (Å²) < 4.78 is 62.2. The van der Waals surface area contributed by atoms with Gasteiger partial charge in [-0.3, -0.25) is 19.2 Å². The third-order valence-corrected chi connectivity index (χ3v) is 7.20. The van der Waals surface area contributed by atoms with Crippen molar-refractivity contribution in [3.63, 3.8) is 0 Å². The predicted octanol–water partition coefficient (Wildman–Crippen LogP) is 4.11. The van der Waals surface area contributed by atoms with Crippen molar-refractivity contribution in [1.29, 1.82) is 0 Å². The van der Waals surface area contributed by atoms with Crippen LogP contribution >= 0.6 is 7.67 Å². The highest BCUT2D eigenvalue weighted by molar-refractivity contribution is 7.54. The highest BCUT2D eigenvalue weighted by atomic mass is 31.2. The zero-order valence-electron chi connectivity index (χ0n) is 13.9. The third-order valence-electron chi connectivity index (χ3n) is 4.48. The molecule has 2 aliphatic rings. The first-order valence-electron chi connectivity index (χ1n) is 8.23. The summed E-state index contributed by atoms with van der Waals surface area (Å²) in [4.78, 5) is 10.6. The molecule has 0 aliphatic carbocycles. The number of fused-ring (bicyclic) bond motifs is 1. The van der Waals surface area contributed by atoms with Crippen molar-refractivity contribution in [2.24, 2.45) is 0 Å². The highest BCUT2D eigenvalue weighted by Crippen LogP contribution is 2.64. The minimum Gasteiger partial charge on any atom is -0.288 e. The molecule has 11 heteroatoms. The van der Waals surface area contributed by atoms with E-state index >= 15 is 0 Å². The third kappa shape index (κ3) is 3.45. The minimum absolute atomic E-state index is 0.0751. The molecule has 2 heterocycles. The number of nitro benzene ring substituents is 1. The topological polar surface area (TPSA) is 75.5 Å². The number of benzene rings is 2. The summed E-state index contributed by atoms with van der Waals surface area (Å²) in [5, 5.41) is 11.7. The van der Waals surface area contributed by atoms with Crippen molar-refractivity contribution < 1.29 is 27.2 Å². The maximum atomic E-state index is 13.7. The minimum atomic E-state index is -4.82. The van der Waals surface area contributed by atoms with Crippen molar-refractivity contribution in [2.45, 2.75) is 12.3 Å². The normalized spacial score (nSPS) is 19.2. The molecule has 1 atom stereocenters. The summed E-state index contributed by atoms with van der Waals surface area (Å²) in [7, 11) is -3.74. The Labute approximate surface area is 152 Å². The Kier molecular flexibility index (Phi) is 4.27. The van der Waals surface area contributed by atoms with Crippen LogP contribution in [0.1, 0.15) is 11.7 Å². The lowest BCUT2D eigenvalue weighted by Crippen LogP contribution is -2.25. The molecular formula is C16H15F3N3O4P. The molecule has 0 aromatic heterocycles. The number of nitrogens with zero attached hydrogens (tertiary/aromatic N) is 3. The lowest BCUT2D eigenvalue weighted by molar-refractivity contribution is -0.383. The Morgan fingerprint density at radius 3 is 2.26 bits per heavy atom. The van der Waals surface area contributed by atoms with E-state index in [2.05, 4.69) is 0 Å². The number of nitro groups is 1. The Balaban J connectivity index is 1.78. The largest absolute Gasteiger partial charge is 0.419 e. The molecule has 2 saturated heterocycles. The quantitative estimate of drug-likeness (QED) is 0.314. The maximum Gasteiger partial charge on any atom is 0.419 e. The van der Waals surface area contributed by atoms with E-state index in [4.69, 9.17) is 4.52 Å². The van der Waals surface area contributed by atoms with Crippen LogP contribution in [0.25, 0.3) is 10.8 Å². The van der Waals surface area contributed by atoms with Gasteiger partial charge in [-0.25, -0.2) is 9.34 Å². The van der Waals surface area contributed by atoms with E-state index in [9.17, 15) is 27.9 Å². The second-order valence-electron chi connectivity index (χ2n) is 6.44. The van der Waals surface area contributed by atoms with Crippen molar-refractivity contribution in [3.8, 4) is 0 Å². The van der Waals surface area contributed by atoms with E-state index in [-0.39, 0.29) is 16.6 Å².